The van der Waals surface area contributed by atoms with Crippen LogP contribution in [0, 0.1) is 5.92 Å². The Hall–Kier alpha value is -1.10. The van der Waals surface area contributed by atoms with Crippen molar-refractivity contribution in [3.05, 3.63) is 0 Å². The second-order valence-corrected chi connectivity index (χ2v) is 5.25. The smallest absolute Gasteiger partial charge is 0.305 e. The molecule has 1 aliphatic rings. The molecule has 0 aromatic heterocycles. The summed E-state index contributed by atoms with van der Waals surface area (Å²) in [4.78, 5) is 22.4. The van der Waals surface area contributed by atoms with Gasteiger partial charge in [-0.25, -0.2) is 0 Å². The normalized spacial score (nSPS) is 17.6. The van der Waals surface area contributed by atoms with Crippen LogP contribution in [0.25, 0.3) is 0 Å². The summed E-state index contributed by atoms with van der Waals surface area (Å²) < 4.78 is 5.17. The van der Waals surface area contributed by atoms with Crippen LogP contribution in [0.3, 0.4) is 0 Å². The van der Waals surface area contributed by atoms with E-state index in [-0.39, 0.29) is 24.8 Å². The van der Waals surface area contributed by atoms with Gasteiger partial charge in [-0.3, -0.25) is 9.59 Å². The molecule has 0 aromatic carbocycles. The zero-order valence-corrected chi connectivity index (χ0v) is 10.7. The van der Waals surface area contributed by atoms with Crippen LogP contribution in [-0.2, 0) is 14.3 Å². The van der Waals surface area contributed by atoms with Gasteiger partial charge in [0.15, 0.2) is 0 Å². The van der Waals surface area contributed by atoms with Gasteiger partial charge in [-0.05, 0) is 32.6 Å². The highest BCUT2D eigenvalue weighted by Crippen LogP contribution is 2.34. The molecule has 1 unspecified atom stereocenters. The first-order valence-electron chi connectivity index (χ1n) is 5.90. The molecule has 0 aliphatic heterocycles. The lowest BCUT2D eigenvalue weighted by Crippen LogP contribution is -2.41. The molecule has 0 aromatic rings. The summed E-state index contributed by atoms with van der Waals surface area (Å²) in [5.74, 6) is -0.677. The fraction of sp³-hybridized carbons (Fsp3) is 0.833. The minimum Gasteiger partial charge on any atom is -0.481 e. The number of carboxylic acid groups (broad SMARTS) is 1. The lowest BCUT2D eigenvalue weighted by Gasteiger charge is -2.24. The number of carbonyl (C=O) groups is 2. The van der Waals surface area contributed by atoms with E-state index < -0.39 is 11.6 Å². The number of carboxylic acids is 1. The Bertz CT molecular complexity index is 297. The summed E-state index contributed by atoms with van der Waals surface area (Å²) in [6.45, 7) is 3.66. The van der Waals surface area contributed by atoms with Crippen LogP contribution in [0.1, 0.15) is 39.5 Å². The second-order valence-electron chi connectivity index (χ2n) is 5.25. The van der Waals surface area contributed by atoms with Crippen molar-refractivity contribution in [1.82, 2.24) is 5.32 Å². The van der Waals surface area contributed by atoms with Crippen LogP contribution in [0.2, 0.25) is 0 Å². The molecule has 0 heterocycles. The van der Waals surface area contributed by atoms with Gasteiger partial charge in [0.2, 0.25) is 5.91 Å². The predicted octanol–water partition coefficient (Wildman–Crippen LogP) is 1.17. The minimum atomic E-state index is -0.867. The van der Waals surface area contributed by atoms with Gasteiger partial charge in [0.05, 0.1) is 18.4 Å². The van der Waals surface area contributed by atoms with Crippen molar-refractivity contribution in [2.24, 2.45) is 5.92 Å². The van der Waals surface area contributed by atoms with E-state index in [0.717, 1.165) is 12.8 Å². The molecule has 1 amide bonds. The zero-order valence-electron chi connectivity index (χ0n) is 10.7. The summed E-state index contributed by atoms with van der Waals surface area (Å²) in [7, 11) is 1.56. The molecule has 17 heavy (non-hydrogen) atoms. The van der Waals surface area contributed by atoms with Gasteiger partial charge in [-0.1, -0.05) is 0 Å². The van der Waals surface area contributed by atoms with Crippen molar-refractivity contribution in [3.63, 3.8) is 0 Å². The number of rotatable bonds is 7. The van der Waals surface area contributed by atoms with Crippen LogP contribution < -0.4 is 5.32 Å². The van der Waals surface area contributed by atoms with Crippen molar-refractivity contribution >= 4 is 11.9 Å². The number of carbonyl (C=O) groups excluding carboxylic acids is 1. The van der Waals surface area contributed by atoms with Crippen molar-refractivity contribution in [2.75, 3.05) is 7.11 Å². The third-order valence-electron chi connectivity index (χ3n) is 3.07. The molecule has 0 saturated heterocycles. The monoisotopic (exact) mass is 243 g/mol. The van der Waals surface area contributed by atoms with Gasteiger partial charge >= 0.3 is 5.97 Å². The lowest BCUT2D eigenvalue weighted by atomic mass is 10.0. The molecule has 5 heteroatoms. The first-order valence-corrected chi connectivity index (χ1v) is 5.90. The molecule has 5 nitrogen and oxygen atoms in total. The second kappa shape index (κ2) is 5.49. The van der Waals surface area contributed by atoms with Crippen molar-refractivity contribution in [2.45, 2.75) is 51.2 Å². The molecular weight excluding hydrogens is 222 g/mol. The maximum Gasteiger partial charge on any atom is 0.305 e. The molecule has 0 radical (unpaired) electrons. The Labute approximate surface area is 102 Å². The first-order chi connectivity index (χ1) is 7.84. The van der Waals surface area contributed by atoms with Gasteiger partial charge in [-0.2, -0.15) is 0 Å². The predicted molar refractivity (Wildman–Crippen MR) is 62.6 cm³/mol. The minimum absolute atomic E-state index is 0.00379. The van der Waals surface area contributed by atoms with Crippen molar-refractivity contribution in [3.8, 4) is 0 Å². The van der Waals surface area contributed by atoms with E-state index in [1.54, 1.807) is 7.11 Å². The van der Waals surface area contributed by atoms with Crippen LogP contribution >= 0.6 is 0 Å². The van der Waals surface area contributed by atoms with Crippen LogP contribution in [0.4, 0.5) is 0 Å². The molecule has 0 bridgehead atoms. The van der Waals surface area contributed by atoms with E-state index in [1.807, 2.05) is 13.8 Å². The highest BCUT2D eigenvalue weighted by atomic mass is 16.5. The molecule has 98 valence electrons. The maximum absolute atomic E-state index is 11.8. The zero-order chi connectivity index (χ0) is 13.1. The third-order valence-corrected chi connectivity index (χ3v) is 3.07. The van der Waals surface area contributed by atoms with Crippen molar-refractivity contribution in [1.29, 1.82) is 0 Å². The number of aliphatic carboxylic acids is 1. The Balaban J connectivity index is 2.44. The molecule has 1 rings (SSSR count). The van der Waals surface area contributed by atoms with E-state index in [0.29, 0.717) is 5.92 Å². The number of amides is 1. The van der Waals surface area contributed by atoms with Gasteiger partial charge in [0, 0.05) is 13.2 Å². The Morgan fingerprint density at radius 1 is 1.47 bits per heavy atom. The Morgan fingerprint density at radius 3 is 2.47 bits per heavy atom. The molecule has 1 aliphatic carbocycles. The van der Waals surface area contributed by atoms with Crippen molar-refractivity contribution < 1.29 is 19.4 Å². The quantitative estimate of drug-likeness (QED) is 0.703. The van der Waals surface area contributed by atoms with Gasteiger partial charge in [0.1, 0.15) is 0 Å². The Kier molecular flexibility index (Phi) is 4.51. The van der Waals surface area contributed by atoms with E-state index >= 15 is 0 Å². The van der Waals surface area contributed by atoms with Crippen LogP contribution in [0.5, 0.6) is 0 Å². The number of hydrogen-bond acceptors (Lipinski definition) is 3. The average Bonchev–Trinajstić information content (AvgIpc) is 2.98. The number of ether oxygens (including phenoxy) is 1. The molecule has 1 atom stereocenters. The summed E-state index contributed by atoms with van der Waals surface area (Å²) in [6, 6.07) is -0.229. The molecule has 1 fully saturated rings. The summed E-state index contributed by atoms with van der Waals surface area (Å²) in [5, 5.41) is 11.6. The highest BCUT2D eigenvalue weighted by Gasteiger charge is 2.34. The molecule has 1 saturated carbocycles. The largest absolute Gasteiger partial charge is 0.481 e. The number of hydrogen-bond donors (Lipinski definition) is 2. The standard InChI is InChI=1S/C12H21NO4/c1-12(2,17-3)7-10(14)13-9(6-11(15)16)8-4-5-8/h8-9H,4-7H2,1-3H3,(H,13,14)(H,15,16). The highest BCUT2D eigenvalue weighted by molar-refractivity contribution is 5.78. The summed E-state index contributed by atoms with van der Waals surface area (Å²) >= 11 is 0. The Morgan fingerprint density at radius 2 is 2.06 bits per heavy atom. The lowest BCUT2D eigenvalue weighted by molar-refractivity contribution is -0.138. The fourth-order valence-corrected chi connectivity index (χ4v) is 1.74. The van der Waals surface area contributed by atoms with Crippen LogP contribution in [0.15, 0.2) is 0 Å². The molecular formula is C12H21NO4. The number of nitrogens with one attached hydrogen (secondary N) is 1. The summed E-state index contributed by atoms with van der Waals surface area (Å²) in [5.41, 5.74) is -0.512. The van der Waals surface area contributed by atoms with Gasteiger partial charge in [0.25, 0.3) is 0 Å². The van der Waals surface area contributed by atoms with Gasteiger partial charge in [-0.15, -0.1) is 0 Å². The van der Waals surface area contributed by atoms with Crippen LogP contribution in [-0.4, -0.2) is 35.7 Å². The van der Waals surface area contributed by atoms with E-state index in [4.69, 9.17) is 9.84 Å². The van der Waals surface area contributed by atoms with E-state index in [2.05, 4.69) is 5.32 Å². The van der Waals surface area contributed by atoms with E-state index in [9.17, 15) is 9.59 Å². The van der Waals surface area contributed by atoms with E-state index in [1.165, 1.54) is 0 Å². The SMILES string of the molecule is COC(C)(C)CC(=O)NC(CC(=O)O)C1CC1. The molecule has 2 N–H and O–H groups in total. The average molecular weight is 243 g/mol. The maximum atomic E-state index is 11.8. The fourth-order valence-electron chi connectivity index (χ4n) is 1.74. The third kappa shape index (κ3) is 5.17. The van der Waals surface area contributed by atoms with Gasteiger partial charge < -0.3 is 15.2 Å². The first kappa shape index (κ1) is 14.0. The topological polar surface area (TPSA) is 75.6 Å². The molecule has 0 spiro atoms. The summed E-state index contributed by atoms with van der Waals surface area (Å²) in [6.07, 6.45) is 2.26. The number of methoxy groups -OCH3 is 1.